The molecule has 6 nitrogen and oxygen atoms in total. The number of hydrogen-bond acceptors (Lipinski definition) is 5. The van der Waals surface area contributed by atoms with Crippen LogP contribution in [0.2, 0.25) is 0 Å². The Kier molecular flexibility index (Phi) is 8.00. The predicted molar refractivity (Wildman–Crippen MR) is 138 cm³/mol. The number of alkyl halides is 6. The third-order valence-electron chi connectivity index (χ3n) is 6.16. The summed E-state index contributed by atoms with van der Waals surface area (Å²) in [6, 6.07) is 11.7. The molecule has 1 N–H and O–H groups in total. The number of amides is 1. The maximum atomic E-state index is 13.2. The maximum absolute atomic E-state index is 13.2. The summed E-state index contributed by atoms with van der Waals surface area (Å²) in [6.07, 6.45) is -10.2. The average molecular weight is 570 g/mol. The number of benzene rings is 2. The van der Waals surface area contributed by atoms with Crippen LogP contribution >= 0.6 is 0 Å². The van der Waals surface area contributed by atoms with E-state index in [1.165, 1.54) is 12.1 Å². The number of rotatable bonds is 5. The van der Waals surface area contributed by atoms with Gasteiger partial charge in [-0.05, 0) is 75.4 Å². The molecular formula is C28H29F6N3O3. The second-order valence-electron chi connectivity index (χ2n) is 10.4. The summed E-state index contributed by atoms with van der Waals surface area (Å²) in [7, 11) is 0. The number of nitrogens with one attached hydrogen (secondary N) is 1. The fourth-order valence-electron chi connectivity index (χ4n) is 4.18. The van der Waals surface area contributed by atoms with E-state index in [0.29, 0.717) is 44.1 Å². The number of halogens is 6. The van der Waals surface area contributed by atoms with Crippen molar-refractivity contribution in [2.45, 2.75) is 45.3 Å². The van der Waals surface area contributed by atoms with Gasteiger partial charge >= 0.3 is 18.4 Å². The Morgan fingerprint density at radius 2 is 1.43 bits per heavy atom. The molecule has 0 atom stereocenters. The summed E-state index contributed by atoms with van der Waals surface area (Å²) in [5, 5.41) is 3.13. The molecular weight excluding hydrogens is 540 g/mol. The van der Waals surface area contributed by atoms with E-state index >= 15 is 0 Å². The Morgan fingerprint density at radius 1 is 0.850 bits per heavy atom. The first-order valence-corrected chi connectivity index (χ1v) is 12.5. The zero-order valence-electron chi connectivity index (χ0n) is 22.1. The lowest BCUT2D eigenvalue weighted by molar-refractivity contribution is -0.143. The van der Waals surface area contributed by atoms with Gasteiger partial charge in [-0.15, -0.1) is 0 Å². The first kappa shape index (κ1) is 29.2. The first-order chi connectivity index (χ1) is 18.6. The summed E-state index contributed by atoms with van der Waals surface area (Å²) in [4.78, 5) is 16.1. The highest BCUT2D eigenvalue weighted by Crippen LogP contribution is 2.39. The van der Waals surface area contributed by atoms with Gasteiger partial charge in [0.2, 0.25) is 0 Å². The molecule has 4 rings (SSSR count). The molecule has 1 aliphatic rings. The van der Waals surface area contributed by atoms with Crippen LogP contribution in [-0.4, -0.2) is 42.8 Å². The van der Waals surface area contributed by atoms with E-state index in [2.05, 4.69) is 10.2 Å². The third kappa shape index (κ3) is 7.42. The second kappa shape index (κ2) is 11.0. The van der Waals surface area contributed by atoms with Crippen LogP contribution in [0.5, 0.6) is 0 Å². The monoisotopic (exact) mass is 569 g/mol. The Bertz CT molecular complexity index is 1290. The van der Waals surface area contributed by atoms with Crippen LogP contribution in [0.3, 0.4) is 0 Å². The number of nitrogens with zero attached hydrogens (tertiary/aromatic N) is 2. The maximum Gasteiger partial charge on any atom is 0.416 e. The second-order valence-corrected chi connectivity index (χ2v) is 10.4. The van der Waals surface area contributed by atoms with Crippen molar-refractivity contribution >= 4 is 17.5 Å². The molecule has 0 saturated carbocycles. The van der Waals surface area contributed by atoms with E-state index < -0.39 is 29.1 Å². The average Bonchev–Trinajstić information content (AvgIpc) is 3.35. The Labute approximate surface area is 227 Å². The zero-order valence-corrected chi connectivity index (χ0v) is 22.1. The molecule has 216 valence electrons. The van der Waals surface area contributed by atoms with Crippen LogP contribution < -0.4 is 10.2 Å². The van der Waals surface area contributed by atoms with Gasteiger partial charge in [0.25, 0.3) is 0 Å². The summed E-state index contributed by atoms with van der Waals surface area (Å²) in [6.45, 7) is 8.00. The van der Waals surface area contributed by atoms with Gasteiger partial charge in [0, 0.05) is 43.1 Å². The van der Waals surface area contributed by atoms with Crippen molar-refractivity contribution in [3.05, 3.63) is 71.5 Å². The van der Waals surface area contributed by atoms with Gasteiger partial charge in [0.05, 0.1) is 17.7 Å². The molecule has 0 unspecified atom stereocenters. The predicted octanol–water partition coefficient (Wildman–Crippen LogP) is 7.65. The summed E-state index contributed by atoms with van der Waals surface area (Å²) in [5.74, 6) is 0.234. The van der Waals surface area contributed by atoms with Crippen LogP contribution in [0.1, 0.15) is 37.7 Å². The fourth-order valence-corrected chi connectivity index (χ4v) is 4.18. The quantitative estimate of drug-likeness (QED) is 0.320. The van der Waals surface area contributed by atoms with Gasteiger partial charge in [0.15, 0.2) is 0 Å². The first-order valence-electron chi connectivity index (χ1n) is 12.5. The van der Waals surface area contributed by atoms with Crippen molar-refractivity contribution in [1.29, 1.82) is 0 Å². The molecule has 1 aromatic heterocycles. The van der Waals surface area contributed by atoms with Crippen LogP contribution in [0.25, 0.3) is 11.3 Å². The minimum Gasteiger partial charge on any atom is -0.459 e. The van der Waals surface area contributed by atoms with Crippen molar-refractivity contribution < 1.29 is 40.3 Å². The number of furan rings is 1. The molecule has 0 aliphatic carbocycles. The van der Waals surface area contributed by atoms with Gasteiger partial charge < -0.3 is 24.3 Å². The van der Waals surface area contributed by atoms with E-state index in [9.17, 15) is 31.1 Å². The van der Waals surface area contributed by atoms with Crippen molar-refractivity contribution in [2.75, 3.05) is 36.4 Å². The minimum absolute atomic E-state index is 0.0828. The van der Waals surface area contributed by atoms with Gasteiger partial charge in [-0.2, -0.15) is 26.3 Å². The smallest absolute Gasteiger partial charge is 0.416 e. The number of ether oxygens (including phenoxy) is 1. The summed E-state index contributed by atoms with van der Waals surface area (Å²) in [5.41, 5.74) is -1.96. The van der Waals surface area contributed by atoms with Crippen molar-refractivity contribution in [3.63, 3.8) is 0 Å². The van der Waals surface area contributed by atoms with Crippen molar-refractivity contribution in [3.8, 4) is 11.3 Å². The van der Waals surface area contributed by atoms with Gasteiger partial charge in [-0.3, -0.25) is 0 Å². The SMILES string of the molecule is CC(C)(C)OC(=O)N1CCN(c2ccc(NCc3ccc(-c4cc(C(F)(F)F)cc(C(F)(F)F)c4)o3)cc2)CC1. The fraction of sp³-hybridized carbons (Fsp3) is 0.393. The molecule has 12 heteroatoms. The molecule has 1 aliphatic heterocycles. The molecule has 40 heavy (non-hydrogen) atoms. The molecule has 2 heterocycles. The number of anilines is 2. The van der Waals surface area contributed by atoms with E-state index in [0.717, 1.165) is 11.4 Å². The van der Waals surface area contributed by atoms with E-state index in [1.807, 2.05) is 45.0 Å². The molecule has 3 aromatic rings. The van der Waals surface area contributed by atoms with Crippen molar-refractivity contribution in [1.82, 2.24) is 4.90 Å². The number of piperazine rings is 1. The zero-order chi connectivity index (χ0) is 29.3. The van der Waals surface area contributed by atoms with E-state index in [1.54, 1.807) is 4.90 Å². The number of carbonyl (C=O) groups excluding carboxylic acids is 1. The largest absolute Gasteiger partial charge is 0.459 e. The van der Waals surface area contributed by atoms with Gasteiger partial charge in [0.1, 0.15) is 17.1 Å². The molecule has 0 spiro atoms. The number of carbonyl (C=O) groups is 1. The Hall–Kier alpha value is -3.83. The highest BCUT2D eigenvalue weighted by atomic mass is 19.4. The normalized spacial score (nSPS) is 14.8. The summed E-state index contributed by atoms with van der Waals surface area (Å²) < 4.78 is 90.1. The summed E-state index contributed by atoms with van der Waals surface area (Å²) >= 11 is 0. The van der Waals surface area contributed by atoms with Crippen molar-refractivity contribution in [2.24, 2.45) is 0 Å². The van der Waals surface area contributed by atoms with E-state index in [-0.39, 0.29) is 30.0 Å². The van der Waals surface area contributed by atoms with Gasteiger partial charge in [-0.25, -0.2) is 4.79 Å². The van der Waals surface area contributed by atoms with Crippen LogP contribution in [0, 0.1) is 0 Å². The highest BCUT2D eigenvalue weighted by molar-refractivity contribution is 5.69. The topological polar surface area (TPSA) is 58.0 Å². The Morgan fingerprint density at radius 3 is 1.95 bits per heavy atom. The lowest BCUT2D eigenvalue weighted by Gasteiger charge is -2.36. The van der Waals surface area contributed by atoms with Crippen LogP contribution in [0.4, 0.5) is 42.5 Å². The van der Waals surface area contributed by atoms with Crippen LogP contribution in [0.15, 0.2) is 59.0 Å². The molecule has 2 aromatic carbocycles. The minimum atomic E-state index is -4.94. The van der Waals surface area contributed by atoms with Crippen LogP contribution in [-0.2, 0) is 23.6 Å². The lowest BCUT2D eigenvalue weighted by Crippen LogP contribution is -2.50. The molecule has 0 bridgehead atoms. The van der Waals surface area contributed by atoms with E-state index in [4.69, 9.17) is 9.15 Å². The molecule has 1 fully saturated rings. The Balaban J connectivity index is 1.36. The molecule has 1 saturated heterocycles. The lowest BCUT2D eigenvalue weighted by atomic mass is 10.0. The third-order valence-corrected chi connectivity index (χ3v) is 6.16. The number of hydrogen-bond donors (Lipinski definition) is 1. The standard InChI is InChI=1S/C28H29F6N3O3/c1-26(2,3)40-25(38)37-12-10-36(11-13-37)22-6-4-21(5-7-22)35-17-23-8-9-24(39-23)18-14-19(27(29,30)31)16-20(15-18)28(32,33)34/h4-9,14-16,35H,10-13,17H2,1-3H3. The highest BCUT2D eigenvalue weighted by Gasteiger charge is 2.37. The van der Waals surface area contributed by atoms with Gasteiger partial charge in [-0.1, -0.05) is 0 Å². The molecule has 1 amide bonds. The molecule has 0 radical (unpaired) electrons.